The number of hydrogen-bond acceptors (Lipinski definition) is 5. The van der Waals surface area contributed by atoms with Gasteiger partial charge in [-0.2, -0.15) is 23.0 Å². The molecule has 1 N–H and O–H groups in total. The molecule has 2 aromatic carbocycles. The molecule has 1 saturated carbocycles. The number of fused-ring (bicyclic) bond motifs is 1. The molecule has 0 spiro atoms. The molecule has 0 aliphatic heterocycles. The lowest BCUT2D eigenvalue weighted by molar-refractivity contribution is -0.160. The SMILES string of the molecule is COCCN(C)C(=O)C1CCc2c(-c3ccc(C(=O)O)cc3F)nn(C(=O)c3c(Cl)cccc3C3(C(F)(F)F)CC3)c2C1. The van der Waals surface area contributed by atoms with E-state index >= 15 is 4.39 Å². The van der Waals surface area contributed by atoms with Gasteiger partial charge in [0.15, 0.2) is 0 Å². The zero-order valence-corrected chi connectivity index (χ0v) is 24.1. The number of rotatable bonds is 8. The number of methoxy groups -OCH3 is 1. The fraction of sp³-hybridized carbons (Fsp3) is 0.400. The minimum absolute atomic E-state index is 0.0171. The van der Waals surface area contributed by atoms with Crippen LogP contribution in [0.1, 0.15) is 56.8 Å². The second-order valence-corrected chi connectivity index (χ2v) is 11.3. The first kappa shape index (κ1) is 30.7. The summed E-state index contributed by atoms with van der Waals surface area (Å²) in [5.41, 5.74) is -2.46. The molecule has 5 rings (SSSR count). The molecule has 8 nitrogen and oxygen atoms in total. The summed E-state index contributed by atoms with van der Waals surface area (Å²) in [6.45, 7) is 0.633. The Morgan fingerprint density at radius 3 is 2.53 bits per heavy atom. The molecule has 1 aromatic heterocycles. The van der Waals surface area contributed by atoms with Crippen molar-refractivity contribution >= 4 is 29.4 Å². The Kier molecular flexibility index (Phi) is 8.12. The molecule has 3 aromatic rings. The van der Waals surface area contributed by atoms with Gasteiger partial charge in [-0.25, -0.2) is 9.18 Å². The van der Waals surface area contributed by atoms with Crippen molar-refractivity contribution < 1.29 is 41.8 Å². The predicted molar refractivity (Wildman–Crippen MR) is 148 cm³/mol. The Morgan fingerprint density at radius 1 is 1.21 bits per heavy atom. The third-order valence-corrected chi connectivity index (χ3v) is 8.64. The third-order valence-electron chi connectivity index (χ3n) is 8.33. The van der Waals surface area contributed by atoms with Crippen molar-refractivity contribution in [2.75, 3.05) is 27.3 Å². The van der Waals surface area contributed by atoms with E-state index in [0.29, 0.717) is 25.1 Å². The maximum atomic E-state index is 15.2. The van der Waals surface area contributed by atoms with E-state index in [1.807, 2.05) is 0 Å². The van der Waals surface area contributed by atoms with Gasteiger partial charge in [0.2, 0.25) is 5.91 Å². The second-order valence-electron chi connectivity index (χ2n) is 10.9. The largest absolute Gasteiger partial charge is 0.478 e. The normalized spacial score (nSPS) is 17.3. The molecule has 2 aliphatic rings. The highest BCUT2D eigenvalue weighted by Gasteiger charge is 2.65. The molecular weight excluding hydrogens is 594 g/mol. The highest BCUT2D eigenvalue weighted by Crippen LogP contribution is 2.60. The first-order chi connectivity index (χ1) is 20.3. The Hall–Kier alpha value is -3.77. The van der Waals surface area contributed by atoms with E-state index in [9.17, 15) is 32.7 Å². The number of halogens is 5. The molecule has 228 valence electrons. The van der Waals surface area contributed by atoms with Gasteiger partial charge in [0.25, 0.3) is 5.91 Å². The first-order valence-corrected chi connectivity index (χ1v) is 14.0. The Morgan fingerprint density at radius 2 is 1.93 bits per heavy atom. The van der Waals surface area contributed by atoms with E-state index in [2.05, 4.69) is 5.10 Å². The fourth-order valence-electron chi connectivity index (χ4n) is 5.77. The number of benzene rings is 2. The molecule has 13 heteroatoms. The van der Waals surface area contributed by atoms with Crippen molar-refractivity contribution in [1.29, 1.82) is 0 Å². The van der Waals surface area contributed by atoms with Crippen LogP contribution in [-0.2, 0) is 27.8 Å². The summed E-state index contributed by atoms with van der Waals surface area (Å²) < 4.78 is 63.8. The minimum atomic E-state index is -4.62. The zero-order chi connectivity index (χ0) is 31.3. The monoisotopic (exact) mass is 621 g/mol. The summed E-state index contributed by atoms with van der Waals surface area (Å²) in [5, 5.41) is 13.5. The van der Waals surface area contributed by atoms with Crippen molar-refractivity contribution in [3.8, 4) is 11.3 Å². The topological polar surface area (TPSA) is 102 Å². The number of carboxylic acid groups (broad SMARTS) is 1. The van der Waals surface area contributed by atoms with Crippen LogP contribution in [0.4, 0.5) is 17.6 Å². The lowest BCUT2D eigenvalue weighted by Gasteiger charge is -2.27. The van der Waals surface area contributed by atoms with Crippen LogP contribution >= 0.6 is 11.6 Å². The van der Waals surface area contributed by atoms with Gasteiger partial charge >= 0.3 is 12.1 Å². The molecule has 1 amide bonds. The molecule has 0 saturated heterocycles. The average Bonchev–Trinajstić information content (AvgIpc) is 3.71. The number of aromatic carboxylic acids is 1. The number of carboxylic acids is 1. The van der Waals surface area contributed by atoms with Crippen LogP contribution in [0.15, 0.2) is 36.4 Å². The average molecular weight is 622 g/mol. The Labute approximate surface area is 249 Å². The van der Waals surface area contributed by atoms with Crippen LogP contribution in [0.25, 0.3) is 11.3 Å². The van der Waals surface area contributed by atoms with Gasteiger partial charge in [0.1, 0.15) is 5.82 Å². The van der Waals surface area contributed by atoms with E-state index in [1.54, 1.807) is 7.05 Å². The highest BCUT2D eigenvalue weighted by atomic mass is 35.5. The molecule has 43 heavy (non-hydrogen) atoms. The van der Waals surface area contributed by atoms with Crippen molar-refractivity contribution in [1.82, 2.24) is 14.7 Å². The number of carbonyl (C=O) groups is 3. The van der Waals surface area contributed by atoms with Crippen LogP contribution in [0.3, 0.4) is 0 Å². The fourth-order valence-corrected chi connectivity index (χ4v) is 6.03. The van der Waals surface area contributed by atoms with Gasteiger partial charge in [-0.15, -0.1) is 0 Å². The summed E-state index contributed by atoms with van der Waals surface area (Å²) >= 11 is 6.39. The molecule has 1 unspecified atom stereocenters. The van der Waals surface area contributed by atoms with Gasteiger partial charge in [0, 0.05) is 44.2 Å². The lowest BCUT2D eigenvalue weighted by atomic mass is 9.84. The third kappa shape index (κ3) is 5.42. The summed E-state index contributed by atoms with van der Waals surface area (Å²) in [6.07, 6.45) is -4.45. The number of amides is 1. The number of aromatic nitrogens is 2. The van der Waals surface area contributed by atoms with Crippen LogP contribution in [-0.4, -0.2) is 71.1 Å². The number of alkyl halides is 3. The molecule has 1 fully saturated rings. The van der Waals surface area contributed by atoms with Crippen molar-refractivity contribution in [2.45, 2.75) is 43.7 Å². The maximum Gasteiger partial charge on any atom is 0.398 e. The standard InChI is InChI=1S/C30H28ClF4N3O5/c1-37(12-13-43-2)26(39)16-6-9-19-23(15-16)38(36-25(19)18-8-7-17(28(41)42)14-22(18)32)27(40)24-20(4-3-5-21(24)31)29(10-11-29)30(33,34)35/h3-5,7-8,14,16H,6,9-13,15H2,1-2H3,(H,41,42). The number of hydrogen-bond donors (Lipinski definition) is 1. The quantitative estimate of drug-likeness (QED) is 0.332. The van der Waals surface area contributed by atoms with Crippen molar-refractivity contribution in [3.63, 3.8) is 0 Å². The smallest absolute Gasteiger partial charge is 0.398 e. The van der Waals surface area contributed by atoms with Crippen LogP contribution in [0.2, 0.25) is 5.02 Å². The second kappa shape index (κ2) is 11.4. The summed E-state index contributed by atoms with van der Waals surface area (Å²) in [6, 6.07) is 7.17. The zero-order valence-electron chi connectivity index (χ0n) is 23.3. The maximum absolute atomic E-state index is 15.2. The van der Waals surface area contributed by atoms with E-state index in [4.69, 9.17) is 16.3 Å². The van der Waals surface area contributed by atoms with Gasteiger partial charge in [0.05, 0.1) is 39.6 Å². The van der Waals surface area contributed by atoms with Crippen LogP contribution < -0.4 is 0 Å². The molecule has 0 radical (unpaired) electrons. The van der Waals surface area contributed by atoms with Crippen LogP contribution in [0, 0.1) is 11.7 Å². The van der Waals surface area contributed by atoms with Crippen molar-refractivity contribution in [3.05, 3.63) is 75.2 Å². The molecular formula is C30H28ClF4N3O5. The molecule has 2 aliphatic carbocycles. The number of likely N-dealkylation sites (N-methyl/N-ethyl adjacent to an activating group) is 1. The van der Waals surface area contributed by atoms with E-state index in [-0.39, 0.29) is 70.3 Å². The first-order valence-electron chi connectivity index (χ1n) is 13.6. The predicted octanol–water partition coefficient (Wildman–Crippen LogP) is 5.53. The van der Waals surface area contributed by atoms with E-state index in [1.165, 1.54) is 42.3 Å². The summed E-state index contributed by atoms with van der Waals surface area (Å²) in [4.78, 5) is 40.3. The summed E-state index contributed by atoms with van der Waals surface area (Å²) in [7, 11) is 3.12. The van der Waals surface area contributed by atoms with E-state index in [0.717, 1.165) is 10.7 Å². The van der Waals surface area contributed by atoms with Crippen LogP contribution in [0.5, 0.6) is 0 Å². The number of nitrogens with zero attached hydrogens (tertiary/aromatic N) is 3. The van der Waals surface area contributed by atoms with E-state index < -0.39 is 35.2 Å². The Balaban J connectivity index is 1.64. The van der Waals surface area contributed by atoms with Gasteiger partial charge in [-0.1, -0.05) is 23.7 Å². The molecule has 0 bridgehead atoms. The highest BCUT2D eigenvalue weighted by molar-refractivity contribution is 6.34. The number of ether oxygens (including phenoxy) is 1. The van der Waals surface area contributed by atoms with Gasteiger partial charge in [-0.05, 0) is 55.5 Å². The van der Waals surface area contributed by atoms with Gasteiger partial charge < -0.3 is 14.7 Å². The Bertz CT molecular complexity index is 1620. The molecule has 1 heterocycles. The minimum Gasteiger partial charge on any atom is -0.478 e. The lowest BCUT2D eigenvalue weighted by Crippen LogP contribution is -2.38. The van der Waals surface area contributed by atoms with Crippen molar-refractivity contribution in [2.24, 2.45) is 5.92 Å². The summed E-state index contributed by atoms with van der Waals surface area (Å²) in [5.74, 6) is -3.96. The molecule has 1 atom stereocenters. The van der Waals surface area contributed by atoms with Gasteiger partial charge in [-0.3, -0.25) is 9.59 Å². The number of carbonyl (C=O) groups excluding carboxylic acids is 2.